The highest BCUT2D eigenvalue weighted by Gasteiger charge is 2.42. The maximum Gasteiger partial charge on any atom is 0.255 e. The van der Waals surface area contributed by atoms with Crippen LogP contribution in [-0.4, -0.2) is 53.4 Å². The Bertz CT molecular complexity index is 856. The van der Waals surface area contributed by atoms with E-state index >= 15 is 0 Å². The van der Waals surface area contributed by atoms with E-state index in [1.807, 2.05) is 24.8 Å². The Labute approximate surface area is 174 Å². The van der Waals surface area contributed by atoms with E-state index in [9.17, 15) is 4.79 Å². The molecule has 154 valence electrons. The van der Waals surface area contributed by atoms with Crippen molar-refractivity contribution in [3.8, 4) is 0 Å². The molecule has 0 saturated carbocycles. The molecule has 1 aromatic heterocycles. The van der Waals surface area contributed by atoms with Gasteiger partial charge in [-0.3, -0.25) is 9.78 Å². The first-order valence-electron chi connectivity index (χ1n) is 11.0. The van der Waals surface area contributed by atoms with Gasteiger partial charge in [0.15, 0.2) is 0 Å². The molecule has 4 rings (SSSR count). The Morgan fingerprint density at radius 1 is 1.17 bits per heavy atom. The van der Waals surface area contributed by atoms with E-state index in [0.29, 0.717) is 11.3 Å². The number of pyridine rings is 1. The van der Waals surface area contributed by atoms with Crippen LogP contribution in [0.2, 0.25) is 0 Å². The largest absolute Gasteiger partial charge is 0.339 e. The summed E-state index contributed by atoms with van der Waals surface area (Å²) in [6.45, 7) is 11.4. The molecule has 0 bridgehead atoms. The van der Waals surface area contributed by atoms with Crippen LogP contribution in [0.5, 0.6) is 0 Å². The number of likely N-dealkylation sites (N-methyl/N-ethyl adjacent to an activating group) is 1. The summed E-state index contributed by atoms with van der Waals surface area (Å²) in [7, 11) is 0. The molecule has 1 atom stereocenters. The number of aromatic nitrogens is 1. The second-order valence-corrected chi connectivity index (χ2v) is 9.07. The number of amides is 1. The Morgan fingerprint density at radius 3 is 2.55 bits per heavy atom. The van der Waals surface area contributed by atoms with E-state index in [1.165, 1.54) is 18.5 Å². The second kappa shape index (κ2) is 8.27. The fraction of sp³-hybridized carbons (Fsp3) is 0.520. The lowest BCUT2D eigenvalue weighted by atomic mass is 9.68. The monoisotopic (exact) mass is 391 g/mol. The van der Waals surface area contributed by atoms with E-state index in [4.69, 9.17) is 0 Å². The van der Waals surface area contributed by atoms with Crippen molar-refractivity contribution in [2.75, 3.05) is 32.7 Å². The van der Waals surface area contributed by atoms with E-state index < -0.39 is 0 Å². The fourth-order valence-electron chi connectivity index (χ4n) is 5.33. The van der Waals surface area contributed by atoms with Crippen LogP contribution in [-0.2, 0) is 0 Å². The summed E-state index contributed by atoms with van der Waals surface area (Å²) in [4.78, 5) is 22.1. The average molecular weight is 392 g/mol. The molecule has 2 aliphatic rings. The van der Waals surface area contributed by atoms with E-state index in [1.54, 1.807) is 6.20 Å². The lowest BCUT2D eigenvalue weighted by Gasteiger charge is -2.50. The highest BCUT2D eigenvalue weighted by Crippen LogP contribution is 2.45. The summed E-state index contributed by atoms with van der Waals surface area (Å²) >= 11 is 0. The number of piperidine rings is 2. The summed E-state index contributed by atoms with van der Waals surface area (Å²) in [5.41, 5.74) is 4.54. The van der Waals surface area contributed by atoms with Gasteiger partial charge in [0.2, 0.25) is 0 Å². The van der Waals surface area contributed by atoms with Crippen LogP contribution in [0, 0.1) is 19.3 Å². The Morgan fingerprint density at radius 2 is 1.90 bits per heavy atom. The minimum Gasteiger partial charge on any atom is -0.339 e. The Balaban J connectivity index is 1.47. The Hall–Kier alpha value is -2.20. The van der Waals surface area contributed by atoms with Crippen molar-refractivity contribution in [3.63, 3.8) is 0 Å². The smallest absolute Gasteiger partial charge is 0.255 e. The molecule has 4 nitrogen and oxygen atoms in total. The van der Waals surface area contributed by atoms with Gasteiger partial charge in [-0.2, -0.15) is 0 Å². The molecule has 0 unspecified atom stereocenters. The minimum absolute atomic E-state index is 0.146. The first kappa shape index (κ1) is 20.1. The van der Waals surface area contributed by atoms with Crippen molar-refractivity contribution in [1.29, 1.82) is 0 Å². The van der Waals surface area contributed by atoms with Crippen LogP contribution in [0.25, 0.3) is 0 Å². The number of carbonyl (C=O) groups is 1. The topological polar surface area (TPSA) is 36.4 Å². The molecule has 3 heterocycles. The lowest BCUT2D eigenvalue weighted by Crippen LogP contribution is -2.52. The molecule has 0 radical (unpaired) electrons. The summed E-state index contributed by atoms with van der Waals surface area (Å²) in [5, 5.41) is 0. The summed E-state index contributed by atoms with van der Waals surface area (Å²) in [6.07, 6.45) is 5.18. The molecule has 1 aromatic carbocycles. The van der Waals surface area contributed by atoms with Crippen LogP contribution in [0.3, 0.4) is 0 Å². The number of hydrogen-bond donors (Lipinski definition) is 0. The number of nitrogens with zero attached hydrogens (tertiary/aromatic N) is 3. The van der Waals surface area contributed by atoms with E-state index in [2.05, 4.69) is 47.1 Å². The standard InChI is InChI=1S/C25H33N3O/c1-4-27-17-22(21-8-6-5-7-9-21)15-25(18-27)10-12-28(13-11-25)24(29)23-16-26-20(3)14-19(23)2/h5-9,14,16,22H,4,10-13,15,17-18H2,1-3H3/t22-/m1/s1. The summed E-state index contributed by atoms with van der Waals surface area (Å²) in [5.74, 6) is 0.739. The fourth-order valence-corrected chi connectivity index (χ4v) is 5.33. The zero-order chi connectivity index (χ0) is 20.4. The molecular formula is C25H33N3O. The number of benzene rings is 1. The van der Waals surface area contributed by atoms with Gasteiger partial charge < -0.3 is 9.80 Å². The molecule has 2 saturated heterocycles. The predicted octanol–water partition coefficient (Wildman–Crippen LogP) is 4.43. The van der Waals surface area contributed by atoms with Crippen LogP contribution in [0.15, 0.2) is 42.6 Å². The van der Waals surface area contributed by atoms with Crippen molar-refractivity contribution in [2.24, 2.45) is 5.41 Å². The van der Waals surface area contributed by atoms with Gasteiger partial charge in [0.1, 0.15) is 0 Å². The molecule has 29 heavy (non-hydrogen) atoms. The summed E-state index contributed by atoms with van der Waals surface area (Å²) < 4.78 is 0. The molecule has 1 amide bonds. The van der Waals surface area contributed by atoms with Gasteiger partial charge in [0.05, 0.1) is 5.56 Å². The predicted molar refractivity (Wildman–Crippen MR) is 117 cm³/mol. The summed E-state index contributed by atoms with van der Waals surface area (Å²) in [6, 6.07) is 13.0. The van der Waals surface area contributed by atoms with Crippen LogP contribution >= 0.6 is 0 Å². The van der Waals surface area contributed by atoms with E-state index in [-0.39, 0.29) is 5.91 Å². The SMILES string of the molecule is CCN1C[C@H](c2ccccc2)CC2(CCN(C(=O)c3cnc(C)cc3C)CC2)C1. The molecular weight excluding hydrogens is 358 g/mol. The maximum absolute atomic E-state index is 13.1. The molecule has 2 aromatic rings. The van der Waals surface area contributed by atoms with Crippen LogP contribution in [0.1, 0.15) is 59.3 Å². The van der Waals surface area contributed by atoms with E-state index in [0.717, 1.165) is 55.8 Å². The average Bonchev–Trinajstić information content (AvgIpc) is 2.74. The van der Waals surface area contributed by atoms with Crippen LogP contribution in [0.4, 0.5) is 0 Å². The highest BCUT2D eigenvalue weighted by atomic mass is 16.2. The third-order valence-electron chi connectivity index (χ3n) is 7.02. The molecule has 1 spiro atoms. The quantitative estimate of drug-likeness (QED) is 0.777. The molecule has 0 N–H and O–H groups in total. The van der Waals surface area contributed by atoms with Gasteiger partial charge in [-0.15, -0.1) is 0 Å². The van der Waals surface area contributed by atoms with Crippen molar-refractivity contribution in [1.82, 2.24) is 14.8 Å². The highest BCUT2D eigenvalue weighted by molar-refractivity contribution is 5.95. The van der Waals surface area contributed by atoms with Gasteiger partial charge in [-0.1, -0.05) is 37.3 Å². The van der Waals surface area contributed by atoms with Gasteiger partial charge in [0.25, 0.3) is 5.91 Å². The number of carbonyl (C=O) groups excluding carboxylic acids is 1. The lowest BCUT2D eigenvalue weighted by molar-refractivity contribution is 0.0158. The zero-order valence-corrected chi connectivity index (χ0v) is 18.0. The minimum atomic E-state index is 0.146. The molecule has 0 aliphatic carbocycles. The second-order valence-electron chi connectivity index (χ2n) is 9.07. The third kappa shape index (κ3) is 4.23. The molecule has 4 heteroatoms. The number of likely N-dealkylation sites (tertiary alicyclic amines) is 2. The molecule has 2 fully saturated rings. The maximum atomic E-state index is 13.1. The van der Waals surface area contributed by atoms with Gasteiger partial charge in [0, 0.05) is 38.1 Å². The van der Waals surface area contributed by atoms with Crippen molar-refractivity contribution >= 4 is 5.91 Å². The van der Waals surface area contributed by atoms with Crippen molar-refractivity contribution in [3.05, 3.63) is 65.0 Å². The third-order valence-corrected chi connectivity index (χ3v) is 7.02. The number of aryl methyl sites for hydroxylation is 2. The van der Waals surface area contributed by atoms with Gasteiger partial charge in [-0.05, 0) is 68.2 Å². The van der Waals surface area contributed by atoms with Crippen molar-refractivity contribution in [2.45, 2.75) is 46.0 Å². The Kier molecular flexibility index (Phi) is 5.73. The van der Waals surface area contributed by atoms with Gasteiger partial charge >= 0.3 is 0 Å². The number of hydrogen-bond acceptors (Lipinski definition) is 3. The van der Waals surface area contributed by atoms with Crippen LogP contribution < -0.4 is 0 Å². The van der Waals surface area contributed by atoms with Crippen molar-refractivity contribution < 1.29 is 4.79 Å². The van der Waals surface area contributed by atoms with Gasteiger partial charge in [-0.25, -0.2) is 0 Å². The first-order valence-corrected chi connectivity index (χ1v) is 11.0. The normalized spacial score (nSPS) is 22.0. The zero-order valence-electron chi connectivity index (χ0n) is 18.0. The molecule has 2 aliphatic heterocycles. The number of rotatable bonds is 3. The first-order chi connectivity index (χ1) is 14.0.